The molecular formula is C33H50O5. The number of carboxylic acid groups (broad SMARTS) is 1. The number of hydrogen-bond acceptors (Lipinski definition) is 4. The Labute approximate surface area is 229 Å². The molecule has 212 valence electrons. The fraction of sp³-hybridized carbons (Fsp3) is 0.848. The SMILES string of the molecule is CC(=O)OC1CCC2(C)C(CCC3(C)C2CCC2C4=C(C(C)C)C(=O)CC4(CC(=O)O)CCC23C)C1(C)C. The Balaban J connectivity index is 1.56. The number of allylic oxidation sites excluding steroid dienone is 2. The van der Waals surface area contributed by atoms with E-state index >= 15 is 0 Å². The van der Waals surface area contributed by atoms with E-state index in [1.165, 1.54) is 12.5 Å². The van der Waals surface area contributed by atoms with Crippen molar-refractivity contribution in [2.75, 3.05) is 0 Å². The molecular weight excluding hydrogens is 476 g/mol. The maximum Gasteiger partial charge on any atom is 0.304 e. The smallest absolute Gasteiger partial charge is 0.304 e. The van der Waals surface area contributed by atoms with Gasteiger partial charge in [-0.15, -0.1) is 0 Å². The molecule has 5 heteroatoms. The predicted molar refractivity (Wildman–Crippen MR) is 147 cm³/mol. The van der Waals surface area contributed by atoms with E-state index in [1.807, 2.05) is 0 Å². The van der Waals surface area contributed by atoms with E-state index in [-0.39, 0.29) is 57.8 Å². The van der Waals surface area contributed by atoms with Crippen molar-refractivity contribution in [1.29, 1.82) is 0 Å². The minimum Gasteiger partial charge on any atom is -0.481 e. The number of esters is 1. The molecule has 0 aromatic rings. The molecule has 5 rings (SSSR count). The van der Waals surface area contributed by atoms with Gasteiger partial charge in [0.2, 0.25) is 0 Å². The van der Waals surface area contributed by atoms with Crippen molar-refractivity contribution in [1.82, 2.24) is 0 Å². The summed E-state index contributed by atoms with van der Waals surface area (Å²) >= 11 is 0. The Morgan fingerprint density at radius 2 is 1.61 bits per heavy atom. The first-order valence-electron chi connectivity index (χ1n) is 15.2. The lowest BCUT2D eigenvalue weighted by Gasteiger charge is -2.72. The molecule has 5 aliphatic carbocycles. The third kappa shape index (κ3) is 3.58. The Morgan fingerprint density at radius 1 is 0.921 bits per heavy atom. The van der Waals surface area contributed by atoms with E-state index in [2.05, 4.69) is 48.5 Å². The van der Waals surface area contributed by atoms with Gasteiger partial charge < -0.3 is 9.84 Å². The number of carboxylic acids is 1. The monoisotopic (exact) mass is 526 g/mol. The predicted octanol–water partition coefficient (Wildman–Crippen LogP) is 7.37. The van der Waals surface area contributed by atoms with E-state index in [4.69, 9.17) is 4.74 Å². The summed E-state index contributed by atoms with van der Waals surface area (Å²) in [5.74, 6) is 0.738. The second kappa shape index (κ2) is 8.67. The van der Waals surface area contributed by atoms with Crippen LogP contribution in [0, 0.1) is 50.7 Å². The lowest BCUT2D eigenvalue weighted by atomic mass is 9.33. The van der Waals surface area contributed by atoms with Crippen LogP contribution in [0.3, 0.4) is 0 Å². The number of carbonyl (C=O) groups is 3. The fourth-order valence-corrected chi connectivity index (χ4v) is 11.6. The number of ketones is 1. The van der Waals surface area contributed by atoms with Crippen LogP contribution in [0.15, 0.2) is 11.1 Å². The second-order valence-electron chi connectivity index (χ2n) is 15.5. The van der Waals surface area contributed by atoms with Crippen LogP contribution in [0.4, 0.5) is 0 Å². The zero-order valence-electron chi connectivity index (χ0n) is 25.0. The summed E-state index contributed by atoms with van der Waals surface area (Å²) in [7, 11) is 0. The normalized spacial score (nSPS) is 45.7. The number of fused-ring (bicyclic) bond motifs is 7. The number of rotatable bonds is 4. The van der Waals surface area contributed by atoms with E-state index in [0.29, 0.717) is 18.3 Å². The highest BCUT2D eigenvalue weighted by atomic mass is 16.5. The number of ether oxygens (including phenoxy) is 1. The number of aliphatic carboxylic acids is 1. The van der Waals surface area contributed by atoms with Crippen LogP contribution in [0.2, 0.25) is 0 Å². The topological polar surface area (TPSA) is 80.7 Å². The number of carbonyl (C=O) groups excluding carboxylic acids is 2. The number of Topliss-reactive ketones (excluding diaryl/α,β-unsaturated/α-hetero) is 1. The van der Waals surface area contributed by atoms with Crippen LogP contribution in [0.1, 0.15) is 120 Å². The summed E-state index contributed by atoms with van der Waals surface area (Å²) in [6.45, 7) is 18.0. The van der Waals surface area contributed by atoms with Gasteiger partial charge in [0.15, 0.2) is 5.78 Å². The van der Waals surface area contributed by atoms with Crippen LogP contribution >= 0.6 is 0 Å². The molecule has 0 heterocycles. The van der Waals surface area contributed by atoms with Gasteiger partial charge in [0.1, 0.15) is 6.10 Å². The van der Waals surface area contributed by atoms with Crippen LogP contribution in [0.25, 0.3) is 0 Å². The van der Waals surface area contributed by atoms with Crippen LogP contribution < -0.4 is 0 Å². The van der Waals surface area contributed by atoms with E-state index < -0.39 is 11.4 Å². The lowest BCUT2D eigenvalue weighted by molar-refractivity contribution is -0.233. The summed E-state index contributed by atoms with van der Waals surface area (Å²) in [5, 5.41) is 9.94. The number of hydrogen-bond donors (Lipinski definition) is 1. The average molecular weight is 527 g/mol. The van der Waals surface area contributed by atoms with E-state index in [0.717, 1.165) is 56.9 Å². The Bertz CT molecular complexity index is 1080. The standard InChI is InChI=1S/C33H50O5/c1-19(2)27-22(35)17-33(18-26(36)37)16-15-31(7)21(28(27)33)9-10-24-30(6)13-12-25(38-20(3)34)29(4,5)23(30)11-14-32(24,31)8/h19,21,23-25H,9-18H2,1-8H3,(H,36,37). The molecule has 8 atom stereocenters. The molecule has 0 radical (unpaired) electrons. The maximum atomic E-state index is 13.4. The highest BCUT2D eigenvalue weighted by molar-refractivity contribution is 6.01. The summed E-state index contributed by atoms with van der Waals surface area (Å²) in [4.78, 5) is 37.5. The Kier molecular flexibility index (Phi) is 6.37. The third-order valence-corrected chi connectivity index (χ3v) is 13.3. The molecule has 0 aromatic heterocycles. The highest BCUT2D eigenvalue weighted by Gasteiger charge is 2.70. The van der Waals surface area contributed by atoms with Crippen molar-refractivity contribution in [3.05, 3.63) is 11.1 Å². The summed E-state index contributed by atoms with van der Waals surface area (Å²) < 4.78 is 5.88. The van der Waals surface area contributed by atoms with Gasteiger partial charge in [0.05, 0.1) is 6.42 Å². The molecule has 5 nitrogen and oxygen atoms in total. The molecule has 8 unspecified atom stereocenters. The van der Waals surface area contributed by atoms with Crippen LogP contribution in [-0.4, -0.2) is 28.9 Å². The van der Waals surface area contributed by atoms with Crippen LogP contribution in [-0.2, 0) is 19.1 Å². The Morgan fingerprint density at radius 3 is 2.21 bits per heavy atom. The first-order valence-corrected chi connectivity index (χ1v) is 15.2. The quantitative estimate of drug-likeness (QED) is 0.387. The van der Waals surface area contributed by atoms with Gasteiger partial charge in [-0.25, -0.2) is 0 Å². The average Bonchev–Trinajstić information content (AvgIpc) is 3.07. The molecule has 0 spiro atoms. The summed E-state index contributed by atoms with van der Waals surface area (Å²) in [6.07, 6.45) is 8.72. The molecule has 38 heavy (non-hydrogen) atoms. The van der Waals surface area contributed by atoms with Crippen LogP contribution in [0.5, 0.6) is 0 Å². The van der Waals surface area contributed by atoms with Crippen molar-refractivity contribution >= 4 is 17.7 Å². The van der Waals surface area contributed by atoms with Gasteiger partial charge >= 0.3 is 11.9 Å². The zero-order chi connectivity index (χ0) is 28.1. The lowest BCUT2D eigenvalue weighted by Crippen LogP contribution is -2.65. The third-order valence-electron chi connectivity index (χ3n) is 13.3. The van der Waals surface area contributed by atoms with E-state index in [9.17, 15) is 19.5 Å². The molecule has 0 bridgehead atoms. The largest absolute Gasteiger partial charge is 0.481 e. The van der Waals surface area contributed by atoms with E-state index in [1.54, 1.807) is 0 Å². The van der Waals surface area contributed by atoms with Crippen molar-refractivity contribution in [3.8, 4) is 0 Å². The molecule has 0 amide bonds. The van der Waals surface area contributed by atoms with Gasteiger partial charge in [0.25, 0.3) is 0 Å². The molecule has 1 N–H and O–H groups in total. The van der Waals surface area contributed by atoms with Gasteiger partial charge in [-0.2, -0.15) is 0 Å². The van der Waals surface area contributed by atoms with Crippen molar-refractivity contribution < 1.29 is 24.2 Å². The Hall–Kier alpha value is -1.65. The maximum absolute atomic E-state index is 13.4. The summed E-state index contributed by atoms with van der Waals surface area (Å²) in [5.41, 5.74) is 2.02. The zero-order valence-corrected chi connectivity index (χ0v) is 25.0. The molecule has 5 aliphatic rings. The van der Waals surface area contributed by atoms with Gasteiger partial charge in [-0.05, 0) is 96.9 Å². The van der Waals surface area contributed by atoms with Crippen molar-refractivity contribution in [2.45, 2.75) is 126 Å². The molecule has 0 aliphatic heterocycles. The first kappa shape index (κ1) is 27.9. The second-order valence-corrected chi connectivity index (χ2v) is 15.5. The molecule has 0 aromatic carbocycles. The van der Waals surface area contributed by atoms with Crippen molar-refractivity contribution in [2.24, 2.45) is 50.7 Å². The molecule has 0 saturated heterocycles. The minimum absolute atomic E-state index is 0.0241. The minimum atomic E-state index is -0.774. The van der Waals surface area contributed by atoms with Gasteiger partial charge in [-0.3, -0.25) is 14.4 Å². The molecule has 4 saturated carbocycles. The molecule has 4 fully saturated rings. The van der Waals surface area contributed by atoms with Gasteiger partial charge in [0, 0.05) is 24.2 Å². The highest BCUT2D eigenvalue weighted by Crippen LogP contribution is 2.77. The van der Waals surface area contributed by atoms with Crippen molar-refractivity contribution in [3.63, 3.8) is 0 Å². The first-order chi connectivity index (χ1) is 17.5. The summed E-state index contributed by atoms with van der Waals surface area (Å²) in [6, 6.07) is 0. The fourth-order valence-electron chi connectivity index (χ4n) is 11.6. The van der Waals surface area contributed by atoms with Gasteiger partial charge in [-0.1, -0.05) is 54.0 Å².